The molecule has 2 aromatic heterocycles. The summed E-state index contributed by atoms with van der Waals surface area (Å²) in [5.41, 5.74) is 1.10. The summed E-state index contributed by atoms with van der Waals surface area (Å²) in [6, 6.07) is 8.58. The first-order chi connectivity index (χ1) is 8.19. The monoisotopic (exact) mass is 261 g/mol. The maximum absolute atomic E-state index is 4.47. The SMILES string of the molecule is CC1(C)C(c2cccs2)=[N+]=NC1c1cccs1. The Bertz CT molecular complexity index is 573. The number of thiophene rings is 2. The van der Waals surface area contributed by atoms with Gasteiger partial charge in [0.1, 0.15) is 10.3 Å². The van der Waals surface area contributed by atoms with Gasteiger partial charge in [0.05, 0.1) is 9.90 Å². The van der Waals surface area contributed by atoms with E-state index in [1.807, 2.05) is 0 Å². The van der Waals surface area contributed by atoms with Gasteiger partial charge in [-0.25, -0.2) is 0 Å². The van der Waals surface area contributed by atoms with Gasteiger partial charge in [-0.3, -0.25) is 0 Å². The molecule has 86 valence electrons. The minimum Gasteiger partial charge on any atom is -0.146 e. The van der Waals surface area contributed by atoms with Crippen molar-refractivity contribution in [3.8, 4) is 0 Å². The second kappa shape index (κ2) is 3.91. The van der Waals surface area contributed by atoms with E-state index in [-0.39, 0.29) is 11.5 Å². The Morgan fingerprint density at radius 3 is 2.59 bits per heavy atom. The average Bonchev–Trinajstić information content (AvgIpc) is 2.96. The molecule has 0 aromatic carbocycles. The third kappa shape index (κ3) is 1.69. The van der Waals surface area contributed by atoms with Crippen LogP contribution in [0.4, 0.5) is 0 Å². The molecule has 0 radical (unpaired) electrons. The predicted octanol–water partition coefficient (Wildman–Crippen LogP) is 4.04. The first-order valence-electron chi connectivity index (χ1n) is 5.55. The van der Waals surface area contributed by atoms with Crippen LogP contribution in [0.15, 0.2) is 40.1 Å². The Labute approximate surface area is 108 Å². The molecule has 0 saturated heterocycles. The zero-order valence-corrected chi connectivity index (χ0v) is 11.4. The fourth-order valence-electron chi connectivity index (χ4n) is 2.16. The molecular weight excluding hydrogens is 248 g/mol. The third-order valence-electron chi connectivity index (χ3n) is 3.13. The summed E-state index contributed by atoms with van der Waals surface area (Å²) in [4.78, 5) is 6.96. The molecule has 0 amide bonds. The number of rotatable bonds is 2. The van der Waals surface area contributed by atoms with Crippen LogP contribution < -0.4 is 0 Å². The molecular formula is C13H13N2S2+. The van der Waals surface area contributed by atoms with Crippen LogP contribution in [0.5, 0.6) is 0 Å². The molecule has 1 atom stereocenters. The average molecular weight is 261 g/mol. The van der Waals surface area contributed by atoms with Crippen LogP contribution in [0.1, 0.15) is 29.6 Å². The van der Waals surface area contributed by atoms with Gasteiger partial charge in [0.15, 0.2) is 6.04 Å². The van der Waals surface area contributed by atoms with E-state index in [1.165, 1.54) is 9.75 Å². The van der Waals surface area contributed by atoms with Crippen LogP contribution in [0, 0.1) is 5.41 Å². The van der Waals surface area contributed by atoms with Crippen molar-refractivity contribution in [3.63, 3.8) is 0 Å². The number of hydrogen-bond acceptors (Lipinski definition) is 3. The second-order valence-electron chi connectivity index (χ2n) is 4.68. The van der Waals surface area contributed by atoms with E-state index >= 15 is 0 Å². The van der Waals surface area contributed by atoms with E-state index in [0.717, 1.165) is 5.71 Å². The van der Waals surface area contributed by atoms with Gasteiger partial charge < -0.3 is 0 Å². The quantitative estimate of drug-likeness (QED) is 0.729. The van der Waals surface area contributed by atoms with E-state index in [0.29, 0.717) is 0 Å². The molecule has 1 aliphatic heterocycles. The smallest absolute Gasteiger partial charge is 0.146 e. The summed E-state index contributed by atoms with van der Waals surface area (Å²) in [7, 11) is 0. The Morgan fingerprint density at radius 2 is 1.94 bits per heavy atom. The third-order valence-corrected chi connectivity index (χ3v) is 4.94. The Kier molecular flexibility index (Phi) is 2.51. The van der Waals surface area contributed by atoms with E-state index in [2.05, 4.69) is 58.8 Å². The first kappa shape index (κ1) is 10.9. The highest BCUT2D eigenvalue weighted by molar-refractivity contribution is 7.12. The normalized spacial score (nSPS) is 21.8. The van der Waals surface area contributed by atoms with Gasteiger partial charge in [0.25, 0.3) is 0 Å². The summed E-state index contributed by atoms with van der Waals surface area (Å²) < 4.78 is 0. The maximum atomic E-state index is 4.47. The largest absolute Gasteiger partial charge is 0.366 e. The zero-order chi connectivity index (χ0) is 11.9. The first-order valence-corrected chi connectivity index (χ1v) is 7.31. The molecule has 0 N–H and O–H groups in total. The van der Waals surface area contributed by atoms with Crippen molar-refractivity contribution >= 4 is 28.4 Å². The maximum Gasteiger partial charge on any atom is 0.366 e. The van der Waals surface area contributed by atoms with Gasteiger partial charge >= 0.3 is 5.71 Å². The molecule has 0 saturated carbocycles. The van der Waals surface area contributed by atoms with Crippen molar-refractivity contribution in [1.29, 1.82) is 0 Å². The van der Waals surface area contributed by atoms with Crippen molar-refractivity contribution in [3.05, 3.63) is 44.8 Å². The van der Waals surface area contributed by atoms with Gasteiger partial charge in [0.2, 0.25) is 0 Å². The minimum absolute atomic E-state index is 0.0181. The van der Waals surface area contributed by atoms with Crippen molar-refractivity contribution in [2.24, 2.45) is 10.5 Å². The van der Waals surface area contributed by atoms with Crippen LogP contribution in [0.25, 0.3) is 0 Å². The predicted molar refractivity (Wildman–Crippen MR) is 72.0 cm³/mol. The molecule has 2 nitrogen and oxygen atoms in total. The molecule has 0 fully saturated rings. The minimum atomic E-state index is -0.0181. The fourth-order valence-corrected chi connectivity index (χ4v) is 3.98. The summed E-state index contributed by atoms with van der Waals surface area (Å²) in [5, 5.41) is 8.66. The molecule has 0 bridgehead atoms. The number of hydrogen-bond donors (Lipinski definition) is 0. The summed E-state index contributed by atoms with van der Waals surface area (Å²) in [6.45, 7) is 4.46. The molecule has 1 aliphatic rings. The highest BCUT2D eigenvalue weighted by Gasteiger charge is 2.51. The van der Waals surface area contributed by atoms with Crippen LogP contribution in [0.2, 0.25) is 0 Å². The van der Waals surface area contributed by atoms with E-state index in [1.54, 1.807) is 22.7 Å². The van der Waals surface area contributed by atoms with Crippen LogP contribution >= 0.6 is 22.7 Å². The molecule has 17 heavy (non-hydrogen) atoms. The fraction of sp³-hybridized carbons (Fsp3) is 0.308. The summed E-state index contributed by atoms with van der Waals surface area (Å²) in [5.74, 6) is 0. The Balaban J connectivity index is 2.00. The summed E-state index contributed by atoms with van der Waals surface area (Å²) >= 11 is 3.49. The lowest BCUT2D eigenvalue weighted by Crippen LogP contribution is -2.27. The van der Waals surface area contributed by atoms with Gasteiger partial charge in [-0.05, 0) is 36.7 Å². The van der Waals surface area contributed by atoms with E-state index in [4.69, 9.17) is 0 Å². The lowest BCUT2D eigenvalue weighted by Gasteiger charge is -2.17. The lowest BCUT2D eigenvalue weighted by molar-refractivity contribution is -0.0832. The van der Waals surface area contributed by atoms with Crippen molar-refractivity contribution in [1.82, 2.24) is 0 Å². The highest BCUT2D eigenvalue weighted by Crippen LogP contribution is 2.43. The van der Waals surface area contributed by atoms with E-state index in [9.17, 15) is 0 Å². The van der Waals surface area contributed by atoms with Gasteiger partial charge in [-0.15, -0.1) is 22.7 Å². The molecule has 3 rings (SSSR count). The second-order valence-corrected chi connectivity index (χ2v) is 6.61. The lowest BCUT2D eigenvalue weighted by atomic mass is 9.79. The molecule has 0 aliphatic carbocycles. The molecule has 4 heteroatoms. The highest BCUT2D eigenvalue weighted by atomic mass is 32.1. The zero-order valence-electron chi connectivity index (χ0n) is 9.75. The van der Waals surface area contributed by atoms with Gasteiger partial charge in [-0.2, -0.15) is 0 Å². The summed E-state index contributed by atoms with van der Waals surface area (Å²) in [6.07, 6.45) is 0. The Morgan fingerprint density at radius 1 is 1.18 bits per heavy atom. The van der Waals surface area contributed by atoms with Crippen molar-refractivity contribution in [2.45, 2.75) is 19.9 Å². The Hall–Kier alpha value is -1.22. The van der Waals surface area contributed by atoms with Crippen LogP contribution in [-0.4, -0.2) is 10.5 Å². The molecule has 2 aromatic rings. The van der Waals surface area contributed by atoms with Gasteiger partial charge in [-0.1, -0.05) is 12.1 Å². The van der Waals surface area contributed by atoms with Crippen molar-refractivity contribution < 1.29 is 4.79 Å². The standard InChI is InChI=1S/C13H13N2S2/c1-13(2)11(9-5-3-7-16-9)14-15-12(13)10-6-4-8-17-10/h3-8,11H,1-2H3/q+1. The van der Waals surface area contributed by atoms with Crippen molar-refractivity contribution in [2.75, 3.05) is 0 Å². The van der Waals surface area contributed by atoms with Crippen LogP contribution in [0.3, 0.4) is 0 Å². The van der Waals surface area contributed by atoms with Crippen LogP contribution in [-0.2, 0) is 0 Å². The topological polar surface area (TPSA) is 26.5 Å². The number of nitrogens with zero attached hydrogens (tertiary/aromatic N) is 2. The molecule has 1 unspecified atom stereocenters. The molecule has 3 heterocycles. The molecule has 0 spiro atoms. The van der Waals surface area contributed by atoms with E-state index < -0.39 is 0 Å². The van der Waals surface area contributed by atoms with Gasteiger partial charge in [0, 0.05) is 4.88 Å².